The first-order valence-electron chi connectivity index (χ1n) is 8.59. The predicted molar refractivity (Wildman–Crippen MR) is 102 cm³/mol. The van der Waals surface area contributed by atoms with Crippen molar-refractivity contribution in [1.29, 1.82) is 0 Å². The van der Waals surface area contributed by atoms with Crippen LogP contribution in [-0.4, -0.2) is 5.91 Å². The van der Waals surface area contributed by atoms with E-state index in [0.29, 0.717) is 6.42 Å². The van der Waals surface area contributed by atoms with Gasteiger partial charge in [0.15, 0.2) is 0 Å². The molecule has 0 radical (unpaired) electrons. The summed E-state index contributed by atoms with van der Waals surface area (Å²) in [5.41, 5.74) is 5.62. The molecule has 0 saturated heterocycles. The van der Waals surface area contributed by atoms with Gasteiger partial charge in [-0.15, -0.1) is 0 Å². The third-order valence-corrected chi connectivity index (χ3v) is 4.42. The Bertz CT molecular complexity index is 837. The molecule has 0 bridgehead atoms. The van der Waals surface area contributed by atoms with Gasteiger partial charge in [-0.2, -0.15) is 0 Å². The zero-order chi connectivity index (χ0) is 17.6. The number of rotatable bonds is 5. The Hall–Kier alpha value is -2.87. The average molecular weight is 329 g/mol. The largest absolute Gasteiger partial charge is 0.345 e. The molecule has 0 aromatic heterocycles. The topological polar surface area (TPSA) is 29.1 Å². The molecular formula is C23H23NO. The van der Waals surface area contributed by atoms with Gasteiger partial charge in [-0.3, -0.25) is 4.79 Å². The van der Waals surface area contributed by atoms with Gasteiger partial charge in [0, 0.05) is 0 Å². The first-order chi connectivity index (χ1) is 12.1. The third kappa shape index (κ3) is 4.36. The number of carbonyl (C=O) groups excluding carboxylic acids is 1. The summed E-state index contributed by atoms with van der Waals surface area (Å²) in [4.78, 5) is 12.7. The Morgan fingerprint density at radius 3 is 2.16 bits per heavy atom. The first kappa shape index (κ1) is 17.0. The van der Waals surface area contributed by atoms with Gasteiger partial charge in [0.1, 0.15) is 0 Å². The van der Waals surface area contributed by atoms with Crippen molar-refractivity contribution >= 4 is 5.91 Å². The lowest BCUT2D eigenvalue weighted by atomic mass is 9.94. The normalized spacial score (nSPS) is 11.8. The average Bonchev–Trinajstić information content (AvgIpc) is 2.63. The molecule has 0 heterocycles. The summed E-state index contributed by atoms with van der Waals surface area (Å²) in [6, 6.07) is 26.3. The predicted octanol–water partition coefficient (Wildman–Crippen LogP) is 4.75. The summed E-state index contributed by atoms with van der Waals surface area (Å²) in [7, 11) is 0. The lowest BCUT2D eigenvalue weighted by Crippen LogP contribution is -2.31. The van der Waals surface area contributed by atoms with Crippen LogP contribution in [0, 0.1) is 13.8 Å². The Kier molecular flexibility index (Phi) is 5.30. The summed E-state index contributed by atoms with van der Waals surface area (Å²) < 4.78 is 0. The van der Waals surface area contributed by atoms with E-state index in [-0.39, 0.29) is 11.9 Å². The number of aryl methyl sites for hydroxylation is 2. The minimum absolute atomic E-state index is 0.0287. The first-order valence-corrected chi connectivity index (χ1v) is 8.59. The van der Waals surface area contributed by atoms with Crippen molar-refractivity contribution < 1.29 is 4.79 Å². The fraction of sp³-hybridized carbons (Fsp3) is 0.174. The highest BCUT2D eigenvalue weighted by Crippen LogP contribution is 2.25. The van der Waals surface area contributed by atoms with Crippen molar-refractivity contribution in [3.63, 3.8) is 0 Å². The number of amides is 1. The van der Waals surface area contributed by atoms with Crippen LogP contribution in [0.2, 0.25) is 0 Å². The highest BCUT2D eigenvalue weighted by Gasteiger charge is 2.18. The van der Waals surface area contributed by atoms with Crippen molar-refractivity contribution in [3.8, 4) is 0 Å². The minimum atomic E-state index is -0.139. The molecule has 126 valence electrons. The van der Waals surface area contributed by atoms with Gasteiger partial charge < -0.3 is 5.32 Å². The van der Waals surface area contributed by atoms with Crippen LogP contribution in [0.1, 0.15) is 33.9 Å². The molecule has 0 unspecified atom stereocenters. The van der Waals surface area contributed by atoms with Gasteiger partial charge in [0.25, 0.3) is 0 Å². The number of benzene rings is 3. The van der Waals surface area contributed by atoms with E-state index in [2.05, 4.69) is 36.5 Å². The molecule has 2 nitrogen and oxygen atoms in total. The minimum Gasteiger partial charge on any atom is -0.345 e. The van der Waals surface area contributed by atoms with Crippen LogP contribution in [0.4, 0.5) is 0 Å². The molecule has 1 atom stereocenters. The fourth-order valence-corrected chi connectivity index (χ4v) is 3.00. The van der Waals surface area contributed by atoms with Gasteiger partial charge in [-0.25, -0.2) is 0 Å². The third-order valence-electron chi connectivity index (χ3n) is 4.42. The molecule has 0 aliphatic heterocycles. The van der Waals surface area contributed by atoms with Crippen molar-refractivity contribution in [1.82, 2.24) is 5.32 Å². The maximum absolute atomic E-state index is 12.7. The monoisotopic (exact) mass is 329 g/mol. The number of carbonyl (C=O) groups is 1. The van der Waals surface area contributed by atoms with Crippen molar-refractivity contribution in [2.45, 2.75) is 26.3 Å². The SMILES string of the molecule is Cc1ccc(CC(=O)N[C@@H](c2ccccc2)c2ccccc2C)cc1. The molecule has 1 amide bonds. The van der Waals surface area contributed by atoms with Gasteiger partial charge in [0.2, 0.25) is 5.91 Å². The lowest BCUT2D eigenvalue weighted by Gasteiger charge is -2.22. The van der Waals surface area contributed by atoms with Crippen LogP contribution in [0.5, 0.6) is 0 Å². The Labute approximate surface area is 149 Å². The fourth-order valence-electron chi connectivity index (χ4n) is 3.00. The molecule has 0 aliphatic carbocycles. The second kappa shape index (κ2) is 7.80. The maximum atomic E-state index is 12.7. The molecule has 2 heteroatoms. The molecule has 3 rings (SSSR count). The second-order valence-electron chi connectivity index (χ2n) is 6.43. The molecule has 0 saturated carbocycles. The Balaban J connectivity index is 1.84. The van der Waals surface area contributed by atoms with E-state index in [1.54, 1.807) is 0 Å². The van der Waals surface area contributed by atoms with E-state index in [4.69, 9.17) is 0 Å². The molecule has 0 aliphatic rings. The molecule has 3 aromatic rings. The standard InChI is InChI=1S/C23H23NO/c1-17-12-14-19(15-13-17)16-22(25)24-23(20-9-4-3-5-10-20)21-11-7-6-8-18(21)2/h3-15,23H,16H2,1-2H3,(H,24,25)/t23-/m0/s1. The molecule has 0 spiro atoms. The molecule has 1 N–H and O–H groups in total. The summed E-state index contributed by atoms with van der Waals surface area (Å²) in [5, 5.41) is 3.21. The smallest absolute Gasteiger partial charge is 0.225 e. The summed E-state index contributed by atoms with van der Waals surface area (Å²) in [6.45, 7) is 4.13. The van der Waals surface area contributed by atoms with E-state index in [1.807, 2.05) is 61.5 Å². The Morgan fingerprint density at radius 1 is 0.840 bits per heavy atom. The van der Waals surface area contributed by atoms with Crippen molar-refractivity contribution in [3.05, 3.63) is 107 Å². The lowest BCUT2D eigenvalue weighted by molar-refractivity contribution is -0.120. The van der Waals surface area contributed by atoms with E-state index < -0.39 is 0 Å². The van der Waals surface area contributed by atoms with Gasteiger partial charge >= 0.3 is 0 Å². The van der Waals surface area contributed by atoms with Crippen LogP contribution in [0.3, 0.4) is 0 Å². The molecular weight excluding hydrogens is 306 g/mol. The van der Waals surface area contributed by atoms with E-state index in [1.165, 1.54) is 11.1 Å². The van der Waals surface area contributed by atoms with Crippen LogP contribution in [0.15, 0.2) is 78.9 Å². The summed E-state index contributed by atoms with van der Waals surface area (Å²) >= 11 is 0. The number of hydrogen-bond donors (Lipinski definition) is 1. The van der Waals surface area contributed by atoms with E-state index in [0.717, 1.165) is 16.7 Å². The van der Waals surface area contributed by atoms with E-state index in [9.17, 15) is 4.79 Å². The van der Waals surface area contributed by atoms with Gasteiger partial charge in [-0.1, -0.05) is 84.4 Å². The Morgan fingerprint density at radius 2 is 1.48 bits per heavy atom. The number of nitrogens with one attached hydrogen (secondary N) is 1. The highest BCUT2D eigenvalue weighted by molar-refractivity contribution is 5.79. The van der Waals surface area contributed by atoms with Crippen LogP contribution >= 0.6 is 0 Å². The van der Waals surface area contributed by atoms with Gasteiger partial charge in [0.05, 0.1) is 12.5 Å². The maximum Gasteiger partial charge on any atom is 0.225 e. The molecule has 25 heavy (non-hydrogen) atoms. The number of hydrogen-bond acceptors (Lipinski definition) is 1. The van der Waals surface area contributed by atoms with Crippen molar-refractivity contribution in [2.24, 2.45) is 0 Å². The van der Waals surface area contributed by atoms with Crippen LogP contribution < -0.4 is 5.32 Å². The molecule has 3 aromatic carbocycles. The zero-order valence-corrected chi connectivity index (χ0v) is 14.7. The summed E-state index contributed by atoms with van der Waals surface area (Å²) in [5.74, 6) is 0.0287. The van der Waals surface area contributed by atoms with E-state index >= 15 is 0 Å². The zero-order valence-electron chi connectivity index (χ0n) is 14.7. The highest BCUT2D eigenvalue weighted by atomic mass is 16.1. The van der Waals surface area contributed by atoms with Crippen LogP contribution in [0.25, 0.3) is 0 Å². The molecule has 0 fully saturated rings. The quantitative estimate of drug-likeness (QED) is 0.719. The second-order valence-corrected chi connectivity index (χ2v) is 6.43. The summed E-state index contributed by atoms with van der Waals surface area (Å²) in [6.07, 6.45) is 0.384. The van der Waals surface area contributed by atoms with Crippen molar-refractivity contribution in [2.75, 3.05) is 0 Å². The van der Waals surface area contributed by atoms with Crippen LogP contribution in [-0.2, 0) is 11.2 Å². The van der Waals surface area contributed by atoms with Gasteiger partial charge in [-0.05, 0) is 36.1 Å².